The standard InChI is InChI=1S/C31H41N3O5/c1-3-38-22-15-13-21(14-16-22)32-28(35)25-24-17-18-31(39-24)26(25)30(37)34(23-12-8-7-9-19(23)2)27(31)29(36)33-20-10-5-4-6-11-20/h13-20,23-27H,3-12H2,1-2H3,(H,32,35)(H,33,36). The fourth-order valence-corrected chi connectivity index (χ4v) is 7.83. The Morgan fingerprint density at radius 1 is 1.03 bits per heavy atom. The molecule has 2 bridgehead atoms. The van der Waals surface area contributed by atoms with E-state index >= 15 is 0 Å². The quantitative estimate of drug-likeness (QED) is 0.510. The van der Waals surface area contributed by atoms with E-state index in [4.69, 9.17) is 9.47 Å². The zero-order chi connectivity index (χ0) is 27.1. The van der Waals surface area contributed by atoms with Gasteiger partial charge in [0.05, 0.1) is 24.5 Å². The number of hydrogen-bond donors (Lipinski definition) is 2. The van der Waals surface area contributed by atoms with Crippen molar-refractivity contribution in [3.63, 3.8) is 0 Å². The molecule has 1 spiro atoms. The number of amides is 3. The van der Waals surface area contributed by atoms with E-state index in [0.717, 1.165) is 57.1 Å². The smallest absolute Gasteiger partial charge is 0.246 e. The van der Waals surface area contributed by atoms with Crippen LogP contribution in [0.1, 0.15) is 71.6 Å². The highest BCUT2D eigenvalue weighted by molar-refractivity contribution is 6.03. The maximum absolute atomic E-state index is 14.3. The number of carbonyl (C=O) groups is 3. The van der Waals surface area contributed by atoms with Crippen molar-refractivity contribution in [1.82, 2.24) is 10.2 Å². The molecule has 1 aromatic carbocycles. The average Bonchev–Trinajstić information content (AvgIpc) is 3.58. The van der Waals surface area contributed by atoms with Gasteiger partial charge >= 0.3 is 0 Å². The first kappa shape index (κ1) is 26.4. The van der Waals surface area contributed by atoms with Crippen LogP contribution >= 0.6 is 0 Å². The van der Waals surface area contributed by atoms with Crippen molar-refractivity contribution in [2.75, 3.05) is 11.9 Å². The molecule has 8 nitrogen and oxygen atoms in total. The SMILES string of the molecule is CCOc1ccc(NC(=O)C2C3C=CC4(O3)C2C(=O)N(C2CCCCC2C)C4C(=O)NC2CCCCC2)cc1. The predicted octanol–water partition coefficient (Wildman–Crippen LogP) is 4.20. The first-order chi connectivity index (χ1) is 18.9. The van der Waals surface area contributed by atoms with E-state index < -0.39 is 29.6 Å². The Bertz CT molecular complexity index is 1130. The monoisotopic (exact) mass is 535 g/mol. The molecule has 6 rings (SSSR count). The molecule has 2 saturated heterocycles. The Morgan fingerprint density at radius 2 is 1.74 bits per heavy atom. The first-order valence-corrected chi connectivity index (χ1v) is 15.0. The van der Waals surface area contributed by atoms with Crippen LogP contribution in [0.25, 0.3) is 0 Å². The van der Waals surface area contributed by atoms with E-state index in [9.17, 15) is 14.4 Å². The Balaban J connectivity index is 1.29. The molecule has 8 heteroatoms. The minimum absolute atomic E-state index is 0.0285. The molecule has 2 saturated carbocycles. The number of rotatable bonds is 7. The summed E-state index contributed by atoms with van der Waals surface area (Å²) in [4.78, 5) is 44.0. The second-order valence-corrected chi connectivity index (χ2v) is 12.1. The molecule has 3 amide bonds. The molecule has 2 N–H and O–H groups in total. The summed E-state index contributed by atoms with van der Waals surface area (Å²) in [5.41, 5.74) is -0.475. The summed E-state index contributed by atoms with van der Waals surface area (Å²) < 4.78 is 12.1. The molecule has 2 aliphatic carbocycles. The third-order valence-electron chi connectivity index (χ3n) is 9.67. The summed E-state index contributed by atoms with van der Waals surface area (Å²) in [5.74, 6) is -0.881. The lowest BCUT2D eigenvalue weighted by Crippen LogP contribution is -2.59. The highest BCUT2D eigenvalue weighted by Gasteiger charge is 2.73. The highest BCUT2D eigenvalue weighted by Crippen LogP contribution is 2.56. The van der Waals surface area contributed by atoms with Gasteiger partial charge in [0, 0.05) is 17.8 Å². The maximum atomic E-state index is 14.3. The van der Waals surface area contributed by atoms with Gasteiger partial charge in [-0.3, -0.25) is 14.4 Å². The van der Waals surface area contributed by atoms with Crippen LogP contribution < -0.4 is 15.4 Å². The second-order valence-electron chi connectivity index (χ2n) is 12.1. The molecule has 0 aromatic heterocycles. The predicted molar refractivity (Wildman–Crippen MR) is 147 cm³/mol. The number of benzene rings is 1. The fourth-order valence-electron chi connectivity index (χ4n) is 7.83. The van der Waals surface area contributed by atoms with E-state index in [1.165, 1.54) is 6.42 Å². The van der Waals surface area contributed by atoms with Crippen molar-refractivity contribution in [1.29, 1.82) is 0 Å². The molecule has 3 heterocycles. The summed E-state index contributed by atoms with van der Waals surface area (Å²) in [6.45, 7) is 4.67. The molecule has 7 atom stereocenters. The molecule has 39 heavy (non-hydrogen) atoms. The van der Waals surface area contributed by atoms with Gasteiger partial charge in [0.15, 0.2) is 0 Å². The molecule has 3 aliphatic heterocycles. The van der Waals surface area contributed by atoms with Gasteiger partial charge in [-0.05, 0) is 62.8 Å². The molecular formula is C31H41N3O5. The topological polar surface area (TPSA) is 97.0 Å². The van der Waals surface area contributed by atoms with Crippen LogP contribution in [0, 0.1) is 17.8 Å². The summed E-state index contributed by atoms with van der Waals surface area (Å²) in [6, 6.07) is 6.58. The average molecular weight is 536 g/mol. The number of nitrogens with zero attached hydrogens (tertiary/aromatic N) is 1. The van der Waals surface area contributed by atoms with Gasteiger partial charge in [0.1, 0.15) is 17.4 Å². The van der Waals surface area contributed by atoms with E-state index in [1.807, 2.05) is 36.1 Å². The van der Waals surface area contributed by atoms with Gasteiger partial charge in [-0.15, -0.1) is 0 Å². The highest BCUT2D eigenvalue weighted by atomic mass is 16.5. The zero-order valence-corrected chi connectivity index (χ0v) is 23.1. The number of hydrogen-bond acceptors (Lipinski definition) is 5. The van der Waals surface area contributed by atoms with Gasteiger partial charge in [-0.2, -0.15) is 0 Å². The van der Waals surface area contributed by atoms with Crippen LogP contribution in [0.15, 0.2) is 36.4 Å². The lowest BCUT2D eigenvalue weighted by Gasteiger charge is -2.42. The number of carbonyl (C=O) groups excluding carboxylic acids is 3. The van der Waals surface area contributed by atoms with Crippen molar-refractivity contribution >= 4 is 23.4 Å². The minimum atomic E-state index is -1.11. The van der Waals surface area contributed by atoms with Crippen LogP contribution in [0.3, 0.4) is 0 Å². The Hall–Kier alpha value is -2.87. The maximum Gasteiger partial charge on any atom is 0.246 e. The number of anilines is 1. The van der Waals surface area contributed by atoms with Crippen LogP contribution in [0.5, 0.6) is 5.75 Å². The van der Waals surface area contributed by atoms with Gasteiger partial charge in [0.2, 0.25) is 17.7 Å². The van der Waals surface area contributed by atoms with Gasteiger partial charge in [-0.25, -0.2) is 0 Å². The fraction of sp³-hybridized carbons (Fsp3) is 0.645. The van der Waals surface area contributed by atoms with Crippen molar-refractivity contribution in [3.8, 4) is 5.75 Å². The van der Waals surface area contributed by atoms with Crippen molar-refractivity contribution < 1.29 is 23.9 Å². The number of nitrogens with one attached hydrogen (secondary N) is 2. The first-order valence-electron chi connectivity index (χ1n) is 15.0. The van der Waals surface area contributed by atoms with Crippen LogP contribution in [-0.2, 0) is 19.1 Å². The largest absolute Gasteiger partial charge is 0.494 e. The number of likely N-dealkylation sites (tertiary alicyclic amines) is 1. The Labute approximate surface area is 230 Å². The van der Waals surface area contributed by atoms with Gasteiger partial charge in [0.25, 0.3) is 0 Å². The van der Waals surface area contributed by atoms with Crippen LogP contribution in [-0.4, -0.2) is 59.1 Å². The Kier molecular flexibility index (Phi) is 7.16. The second kappa shape index (κ2) is 10.6. The van der Waals surface area contributed by atoms with E-state index in [1.54, 1.807) is 12.1 Å². The van der Waals surface area contributed by atoms with Crippen LogP contribution in [0.4, 0.5) is 5.69 Å². The summed E-state index contributed by atoms with van der Waals surface area (Å²) in [7, 11) is 0. The number of ether oxygens (including phenoxy) is 2. The summed E-state index contributed by atoms with van der Waals surface area (Å²) in [5, 5.41) is 6.30. The van der Waals surface area contributed by atoms with Crippen molar-refractivity contribution in [3.05, 3.63) is 36.4 Å². The van der Waals surface area contributed by atoms with E-state index in [-0.39, 0.29) is 29.8 Å². The summed E-state index contributed by atoms with van der Waals surface area (Å²) >= 11 is 0. The lowest BCUT2D eigenvalue weighted by atomic mass is 9.74. The van der Waals surface area contributed by atoms with Crippen LogP contribution in [0.2, 0.25) is 0 Å². The summed E-state index contributed by atoms with van der Waals surface area (Å²) in [6.07, 6.45) is 12.7. The molecule has 5 aliphatic rings. The lowest BCUT2D eigenvalue weighted by molar-refractivity contribution is -0.146. The molecule has 4 fully saturated rings. The van der Waals surface area contributed by atoms with E-state index in [2.05, 4.69) is 17.6 Å². The van der Waals surface area contributed by atoms with Gasteiger partial charge in [-0.1, -0.05) is 51.2 Å². The minimum Gasteiger partial charge on any atom is -0.494 e. The molecule has 1 aromatic rings. The third-order valence-corrected chi connectivity index (χ3v) is 9.67. The molecule has 7 unspecified atom stereocenters. The third kappa shape index (κ3) is 4.54. The Morgan fingerprint density at radius 3 is 2.46 bits per heavy atom. The molecular weight excluding hydrogens is 494 g/mol. The van der Waals surface area contributed by atoms with E-state index in [0.29, 0.717) is 18.2 Å². The van der Waals surface area contributed by atoms with Crippen molar-refractivity contribution in [2.45, 2.75) is 101 Å². The molecule has 0 radical (unpaired) electrons. The zero-order valence-electron chi connectivity index (χ0n) is 23.1. The normalized spacial score (nSPS) is 35.6. The van der Waals surface area contributed by atoms with Crippen molar-refractivity contribution in [2.24, 2.45) is 17.8 Å². The van der Waals surface area contributed by atoms with Gasteiger partial charge < -0.3 is 25.0 Å². The number of fused-ring (bicyclic) bond motifs is 1. The molecule has 210 valence electrons.